The standard InChI is InChI=1S/C18H14FNO4S2/c1-2-13(17(22)23)20-16(21)15(26-18(20)25)9-10-7-8-14(24-10)11-5-3-4-6-12(11)19/h3-9,13H,2H2,1H3,(H,22,23)/b15-9+. The van der Waals surface area contributed by atoms with Crippen LogP contribution in [0, 0.1) is 5.82 Å². The van der Waals surface area contributed by atoms with Crippen LogP contribution in [0.3, 0.4) is 0 Å². The number of thioether (sulfide) groups is 1. The average Bonchev–Trinajstić information content (AvgIpc) is 3.16. The van der Waals surface area contributed by atoms with E-state index in [1.807, 2.05) is 0 Å². The quantitative estimate of drug-likeness (QED) is 0.610. The molecule has 0 spiro atoms. The van der Waals surface area contributed by atoms with E-state index >= 15 is 0 Å². The van der Waals surface area contributed by atoms with Crippen molar-refractivity contribution in [1.29, 1.82) is 0 Å². The second-order valence-electron chi connectivity index (χ2n) is 5.50. The van der Waals surface area contributed by atoms with Crippen molar-refractivity contribution in [1.82, 2.24) is 4.90 Å². The van der Waals surface area contributed by atoms with E-state index in [1.165, 1.54) is 12.1 Å². The monoisotopic (exact) mass is 391 g/mol. The normalized spacial score (nSPS) is 17.2. The van der Waals surface area contributed by atoms with E-state index in [4.69, 9.17) is 16.6 Å². The highest BCUT2D eigenvalue weighted by molar-refractivity contribution is 8.26. The fraction of sp³-hybridized carbons (Fsp3) is 0.167. The van der Waals surface area contributed by atoms with Crippen LogP contribution in [-0.2, 0) is 9.59 Å². The van der Waals surface area contributed by atoms with Gasteiger partial charge < -0.3 is 9.52 Å². The third-order valence-corrected chi connectivity index (χ3v) is 5.18. The van der Waals surface area contributed by atoms with Crippen LogP contribution in [0.2, 0.25) is 0 Å². The third-order valence-electron chi connectivity index (χ3n) is 3.85. The van der Waals surface area contributed by atoms with Gasteiger partial charge in [0, 0.05) is 6.08 Å². The Bertz CT molecular complexity index is 921. The van der Waals surface area contributed by atoms with Gasteiger partial charge in [-0.1, -0.05) is 43.0 Å². The fourth-order valence-corrected chi connectivity index (χ4v) is 3.92. The van der Waals surface area contributed by atoms with Crippen LogP contribution in [-0.4, -0.2) is 32.2 Å². The van der Waals surface area contributed by atoms with Crippen LogP contribution >= 0.6 is 24.0 Å². The Hall–Kier alpha value is -2.45. The van der Waals surface area contributed by atoms with Gasteiger partial charge in [0.1, 0.15) is 27.7 Å². The molecule has 2 heterocycles. The number of carbonyl (C=O) groups excluding carboxylic acids is 1. The fourth-order valence-electron chi connectivity index (χ4n) is 2.58. The van der Waals surface area contributed by atoms with Crippen LogP contribution in [0.15, 0.2) is 45.7 Å². The number of nitrogens with zero attached hydrogens (tertiary/aromatic N) is 1. The lowest BCUT2D eigenvalue weighted by molar-refractivity contribution is -0.145. The molecule has 0 aliphatic carbocycles. The number of carboxylic acids is 1. The van der Waals surface area contributed by atoms with Gasteiger partial charge in [0.25, 0.3) is 5.91 Å². The SMILES string of the molecule is CCC(C(=O)O)N1C(=O)/C(=C\c2ccc(-c3ccccc3F)o2)SC1=S. The van der Waals surface area contributed by atoms with Crippen molar-refractivity contribution in [2.75, 3.05) is 0 Å². The summed E-state index contributed by atoms with van der Waals surface area (Å²) >= 11 is 6.17. The van der Waals surface area contributed by atoms with Crippen molar-refractivity contribution in [3.05, 3.63) is 52.9 Å². The first-order valence-corrected chi connectivity index (χ1v) is 8.99. The largest absolute Gasteiger partial charge is 0.480 e. The molecule has 1 amide bonds. The molecule has 0 saturated carbocycles. The van der Waals surface area contributed by atoms with Gasteiger partial charge in [-0.3, -0.25) is 9.69 Å². The van der Waals surface area contributed by atoms with E-state index < -0.39 is 23.7 Å². The van der Waals surface area contributed by atoms with Gasteiger partial charge in [-0.2, -0.15) is 0 Å². The van der Waals surface area contributed by atoms with Crippen molar-refractivity contribution >= 4 is 46.3 Å². The van der Waals surface area contributed by atoms with E-state index in [-0.39, 0.29) is 15.6 Å². The van der Waals surface area contributed by atoms with Gasteiger partial charge in [-0.25, -0.2) is 9.18 Å². The second kappa shape index (κ2) is 7.43. The van der Waals surface area contributed by atoms with Gasteiger partial charge in [-0.05, 0) is 30.7 Å². The topological polar surface area (TPSA) is 70.8 Å². The smallest absolute Gasteiger partial charge is 0.326 e. The average molecular weight is 391 g/mol. The Morgan fingerprint density at radius 3 is 2.77 bits per heavy atom. The predicted molar refractivity (Wildman–Crippen MR) is 101 cm³/mol. The predicted octanol–water partition coefficient (Wildman–Crippen LogP) is 4.15. The number of amides is 1. The van der Waals surface area contributed by atoms with Gasteiger partial charge in [0.15, 0.2) is 0 Å². The molecule has 8 heteroatoms. The molecule has 3 rings (SSSR count). The van der Waals surface area contributed by atoms with Gasteiger partial charge in [0.05, 0.1) is 10.5 Å². The number of halogens is 1. The number of carbonyl (C=O) groups is 2. The van der Waals surface area contributed by atoms with Crippen LogP contribution in [0.1, 0.15) is 19.1 Å². The van der Waals surface area contributed by atoms with E-state index in [0.29, 0.717) is 17.1 Å². The van der Waals surface area contributed by atoms with Crippen LogP contribution in [0.5, 0.6) is 0 Å². The minimum absolute atomic E-state index is 0.191. The number of hydrogen-bond acceptors (Lipinski definition) is 5. The molecule has 1 fully saturated rings. The van der Waals surface area contributed by atoms with Crippen LogP contribution in [0.25, 0.3) is 17.4 Å². The summed E-state index contributed by atoms with van der Waals surface area (Å²) in [6, 6.07) is 8.43. The molecule has 1 atom stereocenters. The van der Waals surface area contributed by atoms with Gasteiger partial charge in [0.2, 0.25) is 0 Å². The summed E-state index contributed by atoms with van der Waals surface area (Å²) in [5.41, 5.74) is 0.316. The molecule has 1 N–H and O–H groups in total. The molecule has 1 saturated heterocycles. The third kappa shape index (κ3) is 3.42. The minimum atomic E-state index is -1.11. The zero-order chi connectivity index (χ0) is 18.8. The summed E-state index contributed by atoms with van der Waals surface area (Å²) in [4.78, 5) is 25.2. The Labute approximate surface area is 158 Å². The molecule has 0 radical (unpaired) electrons. The highest BCUT2D eigenvalue weighted by Crippen LogP contribution is 2.35. The second-order valence-corrected chi connectivity index (χ2v) is 7.17. The molecule has 1 aromatic heterocycles. The molecular formula is C18H14FNO4S2. The van der Waals surface area contributed by atoms with Crippen molar-refractivity contribution in [3.63, 3.8) is 0 Å². The maximum Gasteiger partial charge on any atom is 0.326 e. The number of hydrogen-bond donors (Lipinski definition) is 1. The zero-order valence-electron chi connectivity index (χ0n) is 13.6. The molecule has 1 unspecified atom stereocenters. The Kier molecular flexibility index (Phi) is 5.24. The summed E-state index contributed by atoms with van der Waals surface area (Å²) in [7, 11) is 0. The molecule has 2 aromatic rings. The van der Waals surface area contributed by atoms with Gasteiger partial charge in [-0.15, -0.1) is 0 Å². The molecule has 1 aliphatic heterocycles. The minimum Gasteiger partial charge on any atom is -0.480 e. The number of thiocarbonyl (C=S) groups is 1. The van der Waals surface area contributed by atoms with E-state index in [1.54, 1.807) is 37.3 Å². The van der Waals surface area contributed by atoms with Crippen molar-refractivity contribution in [3.8, 4) is 11.3 Å². The van der Waals surface area contributed by atoms with E-state index in [0.717, 1.165) is 16.7 Å². The number of carboxylic acid groups (broad SMARTS) is 1. The summed E-state index contributed by atoms with van der Waals surface area (Å²) in [5, 5.41) is 9.26. The first-order chi connectivity index (χ1) is 12.4. The van der Waals surface area contributed by atoms with E-state index in [9.17, 15) is 19.1 Å². The maximum atomic E-state index is 13.8. The summed E-state index contributed by atoms with van der Waals surface area (Å²) in [5.74, 6) is -1.30. The lowest BCUT2D eigenvalue weighted by Crippen LogP contribution is -2.43. The van der Waals surface area contributed by atoms with Crippen molar-refractivity contribution < 1.29 is 23.5 Å². The van der Waals surface area contributed by atoms with Crippen LogP contribution < -0.4 is 0 Å². The molecule has 0 bridgehead atoms. The van der Waals surface area contributed by atoms with Gasteiger partial charge >= 0.3 is 5.97 Å². The molecular weight excluding hydrogens is 377 g/mol. The summed E-state index contributed by atoms with van der Waals surface area (Å²) < 4.78 is 19.6. The number of furan rings is 1. The lowest BCUT2D eigenvalue weighted by Gasteiger charge is -2.21. The van der Waals surface area contributed by atoms with Crippen molar-refractivity contribution in [2.24, 2.45) is 0 Å². The van der Waals surface area contributed by atoms with Crippen LogP contribution in [0.4, 0.5) is 4.39 Å². The zero-order valence-corrected chi connectivity index (χ0v) is 15.3. The number of aliphatic carboxylic acids is 1. The first kappa shape index (κ1) is 18.3. The summed E-state index contributed by atoms with van der Waals surface area (Å²) in [6.07, 6.45) is 1.73. The molecule has 5 nitrogen and oxygen atoms in total. The Balaban J connectivity index is 1.88. The Morgan fingerprint density at radius 2 is 2.12 bits per heavy atom. The highest BCUT2D eigenvalue weighted by atomic mass is 32.2. The lowest BCUT2D eigenvalue weighted by atomic mass is 10.1. The first-order valence-electron chi connectivity index (χ1n) is 7.77. The Morgan fingerprint density at radius 1 is 1.38 bits per heavy atom. The molecule has 1 aromatic carbocycles. The molecule has 134 valence electrons. The molecule has 26 heavy (non-hydrogen) atoms. The van der Waals surface area contributed by atoms with Crippen molar-refractivity contribution in [2.45, 2.75) is 19.4 Å². The van der Waals surface area contributed by atoms with E-state index in [2.05, 4.69) is 0 Å². The summed E-state index contributed by atoms with van der Waals surface area (Å²) in [6.45, 7) is 1.67. The molecule has 1 aliphatic rings. The number of benzene rings is 1. The highest BCUT2D eigenvalue weighted by Gasteiger charge is 2.39. The number of rotatable bonds is 5. The maximum absolute atomic E-state index is 13.8.